The average Bonchev–Trinajstić information content (AvgIpc) is 2.60. The average molecular weight is 360 g/mol. The van der Waals surface area contributed by atoms with Crippen molar-refractivity contribution in [2.45, 2.75) is 19.4 Å². The number of piperazine rings is 1. The molecule has 4 nitrogen and oxygen atoms in total. The molecule has 1 amide bonds. The molecule has 0 bridgehead atoms. The summed E-state index contributed by atoms with van der Waals surface area (Å²) >= 11 is 0. The van der Waals surface area contributed by atoms with Crippen LogP contribution in [-0.4, -0.2) is 43.0 Å². The van der Waals surface area contributed by atoms with Crippen LogP contribution >= 0.6 is 12.4 Å². The number of para-hydroxylation sites is 1. The van der Waals surface area contributed by atoms with Crippen LogP contribution in [0.3, 0.4) is 0 Å². The van der Waals surface area contributed by atoms with Crippen LogP contribution in [0.5, 0.6) is 0 Å². The van der Waals surface area contributed by atoms with E-state index in [1.807, 2.05) is 36.4 Å². The van der Waals surface area contributed by atoms with E-state index in [0.29, 0.717) is 12.6 Å². The Labute approximate surface area is 156 Å². The molecule has 1 aliphatic heterocycles. The van der Waals surface area contributed by atoms with E-state index in [0.717, 1.165) is 37.3 Å². The quantitative estimate of drug-likeness (QED) is 0.862. The number of carbonyl (C=O) groups excluding carboxylic acids is 1. The van der Waals surface area contributed by atoms with Gasteiger partial charge in [0.1, 0.15) is 0 Å². The van der Waals surface area contributed by atoms with Crippen molar-refractivity contribution >= 4 is 24.0 Å². The van der Waals surface area contributed by atoms with Crippen molar-refractivity contribution in [2.24, 2.45) is 0 Å². The van der Waals surface area contributed by atoms with Gasteiger partial charge in [-0.25, -0.2) is 0 Å². The predicted octanol–water partition coefficient (Wildman–Crippen LogP) is 2.93. The first-order valence-electron chi connectivity index (χ1n) is 8.59. The van der Waals surface area contributed by atoms with Crippen LogP contribution in [0, 0.1) is 0 Å². The lowest BCUT2D eigenvalue weighted by molar-refractivity contribution is -0.118. The van der Waals surface area contributed by atoms with Crippen molar-refractivity contribution < 1.29 is 4.79 Å². The molecule has 0 unspecified atom stereocenters. The Morgan fingerprint density at radius 1 is 1.16 bits per heavy atom. The predicted molar refractivity (Wildman–Crippen MR) is 105 cm³/mol. The number of nitrogens with one attached hydrogen (secondary N) is 2. The molecular weight excluding hydrogens is 334 g/mol. The highest BCUT2D eigenvalue weighted by molar-refractivity contribution is 5.93. The molecular formula is C20H26ClN3O. The lowest BCUT2D eigenvalue weighted by atomic mass is 10.0. The van der Waals surface area contributed by atoms with Crippen LogP contribution in [0.1, 0.15) is 18.1 Å². The summed E-state index contributed by atoms with van der Waals surface area (Å²) in [5.74, 6) is 0.0595. The SMILES string of the molecule is C[C@H]1CNCCN1CC(=O)Nc1ccccc1Cc1ccccc1.Cl. The molecule has 1 saturated heterocycles. The Bertz CT molecular complexity index is 678. The molecule has 5 heteroatoms. The van der Waals surface area contributed by atoms with Gasteiger partial charge in [0, 0.05) is 31.4 Å². The molecule has 2 aromatic carbocycles. The Balaban J connectivity index is 0.00000225. The van der Waals surface area contributed by atoms with Crippen LogP contribution in [0.15, 0.2) is 54.6 Å². The van der Waals surface area contributed by atoms with Gasteiger partial charge in [-0.3, -0.25) is 9.69 Å². The zero-order valence-electron chi connectivity index (χ0n) is 14.6. The van der Waals surface area contributed by atoms with Crippen molar-refractivity contribution in [2.75, 3.05) is 31.5 Å². The van der Waals surface area contributed by atoms with Gasteiger partial charge in [0.05, 0.1) is 6.54 Å². The molecule has 0 saturated carbocycles. The molecule has 1 atom stereocenters. The van der Waals surface area contributed by atoms with Gasteiger partial charge in [-0.1, -0.05) is 48.5 Å². The van der Waals surface area contributed by atoms with Crippen LogP contribution in [0.2, 0.25) is 0 Å². The van der Waals surface area contributed by atoms with Gasteiger partial charge >= 0.3 is 0 Å². The van der Waals surface area contributed by atoms with E-state index in [1.54, 1.807) is 0 Å². The third-order valence-electron chi connectivity index (χ3n) is 4.51. The van der Waals surface area contributed by atoms with Gasteiger partial charge in [-0.15, -0.1) is 12.4 Å². The smallest absolute Gasteiger partial charge is 0.238 e. The number of hydrogen-bond donors (Lipinski definition) is 2. The second-order valence-corrected chi connectivity index (χ2v) is 6.39. The molecule has 1 fully saturated rings. The van der Waals surface area contributed by atoms with E-state index in [1.165, 1.54) is 5.56 Å². The molecule has 0 spiro atoms. The van der Waals surface area contributed by atoms with Crippen LogP contribution in [0.25, 0.3) is 0 Å². The summed E-state index contributed by atoms with van der Waals surface area (Å²) in [6, 6.07) is 18.8. The number of anilines is 1. The van der Waals surface area contributed by atoms with Gasteiger partial charge < -0.3 is 10.6 Å². The first-order chi connectivity index (χ1) is 11.7. The Hall–Kier alpha value is -1.88. The first kappa shape index (κ1) is 19.4. The highest BCUT2D eigenvalue weighted by Crippen LogP contribution is 2.19. The second-order valence-electron chi connectivity index (χ2n) is 6.39. The summed E-state index contributed by atoms with van der Waals surface area (Å²) in [5.41, 5.74) is 3.30. The molecule has 3 rings (SSSR count). The van der Waals surface area contributed by atoms with Gasteiger partial charge in [-0.05, 0) is 30.5 Å². The third kappa shape index (κ3) is 5.56. The number of nitrogens with zero attached hydrogens (tertiary/aromatic N) is 1. The molecule has 2 aromatic rings. The number of hydrogen-bond acceptors (Lipinski definition) is 3. The van der Waals surface area contributed by atoms with Crippen LogP contribution in [0.4, 0.5) is 5.69 Å². The van der Waals surface area contributed by atoms with Crippen molar-refractivity contribution in [3.63, 3.8) is 0 Å². The van der Waals surface area contributed by atoms with Gasteiger partial charge in [0.25, 0.3) is 0 Å². The number of benzene rings is 2. The van der Waals surface area contributed by atoms with Crippen molar-refractivity contribution in [1.29, 1.82) is 0 Å². The summed E-state index contributed by atoms with van der Waals surface area (Å²) < 4.78 is 0. The van der Waals surface area contributed by atoms with Gasteiger partial charge in [0.2, 0.25) is 5.91 Å². The molecule has 134 valence electrons. The summed E-state index contributed by atoms with van der Waals surface area (Å²) in [6.07, 6.45) is 0.821. The number of halogens is 1. The fourth-order valence-electron chi connectivity index (χ4n) is 3.10. The van der Waals surface area contributed by atoms with E-state index in [9.17, 15) is 4.79 Å². The summed E-state index contributed by atoms with van der Waals surface area (Å²) in [5, 5.41) is 6.45. The zero-order chi connectivity index (χ0) is 16.8. The molecule has 25 heavy (non-hydrogen) atoms. The standard InChI is InChI=1S/C20H25N3O.ClH/c1-16-14-21-11-12-23(16)15-20(24)22-19-10-6-5-9-18(19)13-17-7-3-2-4-8-17;/h2-10,16,21H,11-15H2,1H3,(H,22,24);1H/t16-;/m0./s1. The molecule has 0 radical (unpaired) electrons. The number of carbonyl (C=O) groups is 1. The maximum Gasteiger partial charge on any atom is 0.238 e. The van der Waals surface area contributed by atoms with E-state index >= 15 is 0 Å². The summed E-state index contributed by atoms with van der Waals surface area (Å²) in [4.78, 5) is 14.7. The van der Waals surface area contributed by atoms with Crippen LogP contribution < -0.4 is 10.6 Å². The van der Waals surface area contributed by atoms with Crippen molar-refractivity contribution in [1.82, 2.24) is 10.2 Å². The molecule has 0 aliphatic carbocycles. The minimum absolute atomic E-state index is 0. The van der Waals surface area contributed by atoms with Crippen molar-refractivity contribution in [3.8, 4) is 0 Å². The fraction of sp³-hybridized carbons (Fsp3) is 0.350. The van der Waals surface area contributed by atoms with Gasteiger partial charge in [0.15, 0.2) is 0 Å². The minimum atomic E-state index is 0. The normalized spacial score (nSPS) is 17.6. The third-order valence-corrected chi connectivity index (χ3v) is 4.51. The van der Waals surface area contributed by atoms with E-state index in [2.05, 4.69) is 40.7 Å². The van der Waals surface area contributed by atoms with E-state index in [4.69, 9.17) is 0 Å². The summed E-state index contributed by atoms with van der Waals surface area (Å²) in [7, 11) is 0. The molecule has 2 N–H and O–H groups in total. The van der Waals surface area contributed by atoms with Crippen LogP contribution in [-0.2, 0) is 11.2 Å². The van der Waals surface area contributed by atoms with Gasteiger partial charge in [-0.2, -0.15) is 0 Å². The first-order valence-corrected chi connectivity index (χ1v) is 8.59. The maximum absolute atomic E-state index is 12.5. The maximum atomic E-state index is 12.5. The highest BCUT2D eigenvalue weighted by Gasteiger charge is 2.20. The largest absolute Gasteiger partial charge is 0.325 e. The number of rotatable bonds is 5. The molecule has 1 aliphatic rings. The zero-order valence-corrected chi connectivity index (χ0v) is 15.4. The minimum Gasteiger partial charge on any atom is -0.325 e. The monoisotopic (exact) mass is 359 g/mol. The topological polar surface area (TPSA) is 44.4 Å². The van der Waals surface area contributed by atoms with Crippen molar-refractivity contribution in [3.05, 3.63) is 65.7 Å². The molecule has 1 heterocycles. The Kier molecular flexibility index (Phi) is 7.44. The lowest BCUT2D eigenvalue weighted by Gasteiger charge is -2.33. The fourth-order valence-corrected chi connectivity index (χ4v) is 3.10. The van der Waals surface area contributed by atoms with E-state index < -0.39 is 0 Å². The summed E-state index contributed by atoms with van der Waals surface area (Å²) in [6.45, 7) is 5.41. The van der Waals surface area contributed by atoms with E-state index in [-0.39, 0.29) is 18.3 Å². The molecule has 0 aromatic heterocycles. The lowest BCUT2D eigenvalue weighted by Crippen LogP contribution is -2.52. The Morgan fingerprint density at radius 2 is 1.88 bits per heavy atom. The second kappa shape index (κ2) is 9.56. The Morgan fingerprint density at radius 3 is 2.64 bits per heavy atom. The highest BCUT2D eigenvalue weighted by atomic mass is 35.5. The number of amides is 1.